The van der Waals surface area contributed by atoms with E-state index in [4.69, 9.17) is 4.74 Å². The maximum absolute atomic E-state index is 12.3. The minimum atomic E-state index is -3.05. The van der Waals surface area contributed by atoms with E-state index in [1.807, 2.05) is 38.1 Å². The number of rotatable bonds is 5. The molecule has 1 aromatic rings. The minimum Gasteiger partial charge on any atom is -0.497 e. The first kappa shape index (κ1) is 16.8. The molecule has 0 aromatic heterocycles. The van der Waals surface area contributed by atoms with Gasteiger partial charge in [0.2, 0.25) is 5.91 Å². The Morgan fingerprint density at radius 2 is 1.91 bits per heavy atom. The van der Waals surface area contributed by atoms with Crippen molar-refractivity contribution in [3.05, 3.63) is 29.8 Å². The summed E-state index contributed by atoms with van der Waals surface area (Å²) in [7, 11) is -1.44. The van der Waals surface area contributed by atoms with Crippen LogP contribution in [0.4, 0.5) is 0 Å². The summed E-state index contributed by atoms with van der Waals surface area (Å²) in [5.74, 6) is 0.446. The first-order chi connectivity index (χ1) is 10.3. The molecule has 1 amide bonds. The van der Waals surface area contributed by atoms with Crippen LogP contribution in [0.15, 0.2) is 24.3 Å². The van der Waals surface area contributed by atoms with Crippen molar-refractivity contribution >= 4 is 15.7 Å². The van der Waals surface area contributed by atoms with Gasteiger partial charge in [-0.25, -0.2) is 8.42 Å². The molecule has 1 N–H and O–H groups in total. The number of nitrogens with one attached hydrogen (secondary N) is 1. The minimum absolute atomic E-state index is 0.0355. The number of hydrogen-bond acceptors (Lipinski definition) is 4. The Bertz CT molecular complexity index is 622. The number of ether oxygens (including phenoxy) is 1. The molecule has 1 aliphatic rings. The average Bonchev–Trinajstić information content (AvgIpc) is 2.84. The van der Waals surface area contributed by atoms with Crippen molar-refractivity contribution in [2.75, 3.05) is 18.6 Å². The van der Waals surface area contributed by atoms with Gasteiger partial charge in [-0.05, 0) is 30.0 Å². The van der Waals surface area contributed by atoms with Crippen LogP contribution in [0.5, 0.6) is 5.75 Å². The lowest BCUT2D eigenvalue weighted by Gasteiger charge is -2.24. The Morgan fingerprint density at radius 1 is 1.27 bits per heavy atom. The predicted octanol–water partition coefficient (Wildman–Crippen LogP) is 1.94. The molecule has 22 heavy (non-hydrogen) atoms. The Labute approximate surface area is 132 Å². The van der Waals surface area contributed by atoms with E-state index >= 15 is 0 Å². The van der Waals surface area contributed by atoms with Crippen LogP contribution in [0.1, 0.15) is 31.9 Å². The van der Waals surface area contributed by atoms with Crippen LogP contribution in [0, 0.1) is 11.8 Å². The average molecular weight is 325 g/mol. The highest BCUT2D eigenvalue weighted by atomic mass is 32.2. The molecule has 1 saturated heterocycles. The van der Waals surface area contributed by atoms with E-state index in [1.165, 1.54) is 0 Å². The largest absolute Gasteiger partial charge is 0.497 e. The van der Waals surface area contributed by atoms with Gasteiger partial charge in [0.15, 0.2) is 9.84 Å². The fourth-order valence-corrected chi connectivity index (χ4v) is 4.46. The lowest BCUT2D eigenvalue weighted by Crippen LogP contribution is -2.36. The molecular formula is C16H23NO4S. The predicted molar refractivity (Wildman–Crippen MR) is 85.5 cm³/mol. The number of carbonyl (C=O) groups excluding carboxylic acids is 1. The fourth-order valence-electron chi connectivity index (χ4n) is 2.72. The number of sulfone groups is 1. The zero-order valence-corrected chi connectivity index (χ0v) is 14.0. The Hall–Kier alpha value is -1.56. The van der Waals surface area contributed by atoms with Gasteiger partial charge in [-0.3, -0.25) is 4.79 Å². The van der Waals surface area contributed by atoms with Crippen LogP contribution in [-0.2, 0) is 14.6 Å². The van der Waals surface area contributed by atoms with Crippen molar-refractivity contribution in [2.24, 2.45) is 11.8 Å². The van der Waals surface area contributed by atoms with Gasteiger partial charge in [0.1, 0.15) is 5.75 Å². The normalized spacial score (nSPS) is 21.5. The maximum Gasteiger partial charge on any atom is 0.224 e. The standard InChI is InChI=1S/C16H23NO4S/c1-11(2)15(12-4-6-14(21-3)7-5-12)17-16(18)13-8-9-22(19,20)10-13/h4-7,11,13,15H,8-10H2,1-3H3,(H,17,18)/t13-,15+/m0/s1. The summed E-state index contributed by atoms with van der Waals surface area (Å²) in [6.45, 7) is 4.06. The van der Waals surface area contributed by atoms with E-state index in [2.05, 4.69) is 5.32 Å². The van der Waals surface area contributed by atoms with E-state index in [1.54, 1.807) is 7.11 Å². The Balaban J connectivity index is 2.10. The second kappa shape index (κ2) is 6.69. The lowest BCUT2D eigenvalue weighted by molar-refractivity contribution is -0.125. The van der Waals surface area contributed by atoms with Gasteiger partial charge in [-0.15, -0.1) is 0 Å². The number of benzene rings is 1. The molecule has 1 aliphatic heterocycles. The highest BCUT2D eigenvalue weighted by Crippen LogP contribution is 2.26. The summed E-state index contributed by atoms with van der Waals surface area (Å²) in [5, 5.41) is 3.01. The van der Waals surface area contributed by atoms with Crippen molar-refractivity contribution in [3.63, 3.8) is 0 Å². The number of amides is 1. The van der Waals surface area contributed by atoms with Crippen LogP contribution in [0.25, 0.3) is 0 Å². The van der Waals surface area contributed by atoms with Crippen LogP contribution < -0.4 is 10.1 Å². The second-order valence-corrected chi connectivity index (χ2v) is 8.33. The quantitative estimate of drug-likeness (QED) is 0.898. The molecular weight excluding hydrogens is 302 g/mol. The van der Waals surface area contributed by atoms with E-state index in [-0.39, 0.29) is 29.4 Å². The molecule has 0 saturated carbocycles. The zero-order chi connectivity index (χ0) is 16.3. The molecule has 5 nitrogen and oxygen atoms in total. The molecule has 122 valence electrons. The molecule has 1 heterocycles. The SMILES string of the molecule is COc1ccc([C@H](NC(=O)[C@H]2CCS(=O)(=O)C2)C(C)C)cc1. The van der Waals surface area contributed by atoms with Gasteiger partial charge in [0, 0.05) is 0 Å². The third-order valence-corrected chi connectivity index (χ3v) is 5.81. The van der Waals surface area contributed by atoms with Crippen molar-refractivity contribution < 1.29 is 17.9 Å². The molecule has 2 rings (SSSR count). The monoisotopic (exact) mass is 325 g/mol. The molecule has 1 aromatic carbocycles. The summed E-state index contributed by atoms with van der Waals surface area (Å²) < 4.78 is 28.2. The van der Waals surface area contributed by atoms with E-state index in [0.29, 0.717) is 6.42 Å². The second-order valence-electron chi connectivity index (χ2n) is 6.10. The third-order valence-electron chi connectivity index (χ3n) is 4.04. The van der Waals surface area contributed by atoms with Crippen LogP contribution >= 0.6 is 0 Å². The Morgan fingerprint density at radius 3 is 2.36 bits per heavy atom. The molecule has 0 aliphatic carbocycles. The number of carbonyl (C=O) groups is 1. The first-order valence-corrected chi connectivity index (χ1v) is 9.29. The summed E-state index contributed by atoms with van der Waals surface area (Å²) in [4.78, 5) is 12.3. The summed E-state index contributed by atoms with van der Waals surface area (Å²) in [6, 6.07) is 7.43. The van der Waals surface area contributed by atoms with Crippen LogP contribution in [-0.4, -0.2) is 32.9 Å². The van der Waals surface area contributed by atoms with E-state index in [9.17, 15) is 13.2 Å². The summed E-state index contributed by atoms with van der Waals surface area (Å²) >= 11 is 0. The highest BCUT2D eigenvalue weighted by Gasteiger charge is 2.34. The molecule has 2 atom stereocenters. The van der Waals surface area contributed by atoms with Crippen molar-refractivity contribution in [1.82, 2.24) is 5.32 Å². The smallest absolute Gasteiger partial charge is 0.224 e. The third kappa shape index (κ3) is 4.00. The van der Waals surface area contributed by atoms with Crippen LogP contribution in [0.3, 0.4) is 0 Å². The number of hydrogen-bond donors (Lipinski definition) is 1. The molecule has 0 bridgehead atoms. The highest BCUT2D eigenvalue weighted by molar-refractivity contribution is 7.91. The summed E-state index contributed by atoms with van der Waals surface area (Å²) in [5.41, 5.74) is 0.991. The van der Waals surface area contributed by atoms with Gasteiger partial charge in [-0.2, -0.15) is 0 Å². The van der Waals surface area contributed by atoms with E-state index in [0.717, 1.165) is 11.3 Å². The number of methoxy groups -OCH3 is 1. The molecule has 0 radical (unpaired) electrons. The van der Waals surface area contributed by atoms with Gasteiger partial charge < -0.3 is 10.1 Å². The Kier molecular flexibility index (Phi) is 5.11. The molecule has 0 spiro atoms. The van der Waals surface area contributed by atoms with Crippen molar-refractivity contribution in [3.8, 4) is 5.75 Å². The molecule has 6 heteroatoms. The first-order valence-electron chi connectivity index (χ1n) is 7.47. The topological polar surface area (TPSA) is 72.5 Å². The van der Waals surface area contributed by atoms with Gasteiger partial charge in [0.25, 0.3) is 0 Å². The van der Waals surface area contributed by atoms with Crippen molar-refractivity contribution in [1.29, 1.82) is 0 Å². The fraction of sp³-hybridized carbons (Fsp3) is 0.562. The van der Waals surface area contributed by atoms with Gasteiger partial charge in [-0.1, -0.05) is 26.0 Å². The molecule has 0 unspecified atom stereocenters. The van der Waals surface area contributed by atoms with Gasteiger partial charge >= 0.3 is 0 Å². The lowest BCUT2D eigenvalue weighted by atomic mass is 9.95. The molecule has 1 fully saturated rings. The van der Waals surface area contributed by atoms with Crippen LogP contribution in [0.2, 0.25) is 0 Å². The zero-order valence-electron chi connectivity index (χ0n) is 13.2. The van der Waals surface area contributed by atoms with Crippen molar-refractivity contribution in [2.45, 2.75) is 26.3 Å². The van der Waals surface area contributed by atoms with E-state index < -0.39 is 15.8 Å². The summed E-state index contributed by atoms with van der Waals surface area (Å²) in [6.07, 6.45) is 0.418. The van der Waals surface area contributed by atoms with Gasteiger partial charge in [0.05, 0.1) is 30.6 Å². The maximum atomic E-state index is 12.3.